The monoisotopic (exact) mass is 589 g/mol. The number of nitrogens with one attached hydrogen (secondary N) is 1. The summed E-state index contributed by atoms with van der Waals surface area (Å²) in [5.41, 5.74) is 4.44. The minimum absolute atomic E-state index is 0.0509. The minimum Gasteiger partial charge on any atom is -0.488 e. The third-order valence-electron chi connectivity index (χ3n) is 7.26. The topological polar surface area (TPSA) is 101 Å². The fraction of sp³-hybridized carbons (Fsp3) is 0.457. The van der Waals surface area contributed by atoms with Crippen molar-refractivity contribution in [1.82, 2.24) is 15.2 Å². The summed E-state index contributed by atoms with van der Waals surface area (Å²) in [5, 5.41) is 10.0. The zero-order valence-electron chi connectivity index (χ0n) is 26.1. The molecule has 0 saturated heterocycles. The van der Waals surface area contributed by atoms with E-state index in [4.69, 9.17) is 19.4 Å². The van der Waals surface area contributed by atoms with Gasteiger partial charge in [0.05, 0.1) is 12.3 Å². The Balaban J connectivity index is 0.00000162. The summed E-state index contributed by atoms with van der Waals surface area (Å²) >= 11 is 0. The van der Waals surface area contributed by atoms with Gasteiger partial charge in [0.25, 0.3) is 6.47 Å². The number of benzene rings is 1. The van der Waals surface area contributed by atoms with Gasteiger partial charge in [-0.05, 0) is 54.4 Å². The number of aromatic nitrogens is 1. The molecule has 1 aromatic carbocycles. The predicted molar refractivity (Wildman–Crippen MR) is 171 cm³/mol. The maximum Gasteiger partial charge on any atom is 0.321 e. The number of amides is 2. The molecule has 0 spiro atoms. The minimum atomic E-state index is -0.250. The summed E-state index contributed by atoms with van der Waals surface area (Å²) in [7, 11) is 0. The summed E-state index contributed by atoms with van der Waals surface area (Å²) in [6.07, 6.45) is 14.5. The van der Waals surface area contributed by atoms with Crippen LogP contribution in [0.25, 0.3) is 5.57 Å². The number of allylic oxidation sites excluding steroid dienone is 4. The largest absolute Gasteiger partial charge is 0.488 e. The lowest BCUT2D eigenvalue weighted by Crippen LogP contribution is -2.40. The summed E-state index contributed by atoms with van der Waals surface area (Å²) in [4.78, 5) is 28.2. The first-order valence-electron chi connectivity index (χ1n) is 15.3. The van der Waals surface area contributed by atoms with Crippen molar-refractivity contribution in [2.75, 3.05) is 19.7 Å². The van der Waals surface area contributed by atoms with Crippen molar-refractivity contribution >= 4 is 18.1 Å². The smallest absolute Gasteiger partial charge is 0.321 e. The van der Waals surface area contributed by atoms with E-state index in [-0.39, 0.29) is 24.0 Å². The number of rotatable bonds is 10. The van der Waals surface area contributed by atoms with Crippen LogP contribution in [0.3, 0.4) is 0 Å². The van der Waals surface area contributed by atoms with Crippen LogP contribution in [-0.4, -0.2) is 53.3 Å². The van der Waals surface area contributed by atoms with Gasteiger partial charge in [0, 0.05) is 43.8 Å². The zero-order valence-corrected chi connectivity index (χ0v) is 26.1. The zero-order chi connectivity index (χ0) is 31.1. The van der Waals surface area contributed by atoms with Crippen LogP contribution in [0.15, 0.2) is 78.3 Å². The van der Waals surface area contributed by atoms with Crippen LogP contribution in [0.5, 0.6) is 5.88 Å². The van der Waals surface area contributed by atoms with Gasteiger partial charge >= 0.3 is 6.03 Å². The number of carbonyl (C=O) groups excluding carboxylic acids is 1. The number of aryl methyl sites for hydroxylation is 1. The molecule has 8 heteroatoms. The maximum atomic E-state index is 13.4. The lowest BCUT2D eigenvalue weighted by atomic mass is 9.93. The van der Waals surface area contributed by atoms with Gasteiger partial charge < -0.3 is 19.9 Å². The van der Waals surface area contributed by atoms with Crippen molar-refractivity contribution in [3.05, 3.63) is 89.5 Å². The van der Waals surface area contributed by atoms with Gasteiger partial charge in [-0.1, -0.05) is 76.6 Å². The number of urea groups is 1. The highest BCUT2D eigenvalue weighted by atomic mass is 16.5. The maximum absolute atomic E-state index is 13.4. The van der Waals surface area contributed by atoms with E-state index < -0.39 is 0 Å². The van der Waals surface area contributed by atoms with Gasteiger partial charge in [-0.15, -0.1) is 0 Å². The Kier molecular flexibility index (Phi) is 13.3. The first-order chi connectivity index (χ1) is 20.7. The second-order valence-electron chi connectivity index (χ2n) is 12.0. The van der Waals surface area contributed by atoms with Crippen molar-refractivity contribution < 1.29 is 24.2 Å². The molecule has 0 bridgehead atoms. The Bertz CT molecular complexity index is 1250. The lowest BCUT2D eigenvalue weighted by Gasteiger charge is -2.24. The molecule has 1 aliphatic carbocycles. The van der Waals surface area contributed by atoms with Crippen LogP contribution in [0, 0.1) is 5.41 Å². The molecular weight excluding hydrogens is 542 g/mol. The normalized spacial score (nSPS) is 16.4. The quantitative estimate of drug-likeness (QED) is 0.221. The van der Waals surface area contributed by atoms with Crippen molar-refractivity contribution in [3.63, 3.8) is 0 Å². The standard InChI is InChI=1S/C34H45N3O3.CH2O2/c1-5-11-29-19-22-37(33(38)35-21-10-14-26-12-7-6-8-13-26)30-16-9-15-27(24-31(30)40-29)28-17-18-32(36-25-28)39-23-20-34(2,3)4;2-1-3/h6-9,12-13,15,17-18,24-25,29H,5,10-11,14,16,19-23H2,1-4H3,(H,35,38);1H,(H,2,3). The molecule has 1 unspecified atom stereocenters. The van der Waals surface area contributed by atoms with Crippen LogP contribution < -0.4 is 10.1 Å². The summed E-state index contributed by atoms with van der Waals surface area (Å²) in [5.74, 6) is 1.41. The Morgan fingerprint density at radius 3 is 2.65 bits per heavy atom. The predicted octanol–water partition coefficient (Wildman–Crippen LogP) is 7.39. The molecule has 43 heavy (non-hydrogen) atoms. The molecule has 2 aromatic rings. The number of nitrogens with zero attached hydrogens (tertiary/aromatic N) is 2. The average molecular weight is 590 g/mol. The molecule has 232 valence electrons. The number of hydrogen-bond acceptors (Lipinski definition) is 5. The number of ether oxygens (including phenoxy) is 2. The van der Waals surface area contributed by atoms with E-state index in [9.17, 15) is 4.79 Å². The second-order valence-corrected chi connectivity index (χ2v) is 12.0. The van der Waals surface area contributed by atoms with Gasteiger partial charge in [0.2, 0.25) is 5.88 Å². The molecule has 2 N–H and O–H groups in total. The van der Waals surface area contributed by atoms with Crippen molar-refractivity contribution in [2.24, 2.45) is 5.41 Å². The van der Waals surface area contributed by atoms with Gasteiger partial charge in [-0.2, -0.15) is 0 Å². The average Bonchev–Trinajstić information content (AvgIpc) is 3.28. The number of carbonyl (C=O) groups is 2. The van der Waals surface area contributed by atoms with Crippen LogP contribution in [-0.2, 0) is 16.0 Å². The van der Waals surface area contributed by atoms with Crippen molar-refractivity contribution in [1.29, 1.82) is 0 Å². The third kappa shape index (κ3) is 11.3. The van der Waals surface area contributed by atoms with E-state index in [2.05, 4.69) is 80.5 Å². The van der Waals surface area contributed by atoms with E-state index in [1.165, 1.54) is 5.56 Å². The molecule has 1 aliphatic heterocycles. The highest BCUT2D eigenvalue weighted by molar-refractivity contribution is 5.79. The highest BCUT2D eigenvalue weighted by Crippen LogP contribution is 2.32. The fourth-order valence-corrected chi connectivity index (χ4v) is 4.92. The SMILES string of the molecule is CCCC1CCN(C(=O)NCCCc2ccccc2)C2=C(C=C(c3ccc(OCCC(C)(C)C)nc3)C=CC2)O1.O=CO. The summed E-state index contributed by atoms with van der Waals surface area (Å²) in [6, 6.07) is 14.3. The van der Waals surface area contributed by atoms with Gasteiger partial charge in [0.1, 0.15) is 11.9 Å². The van der Waals surface area contributed by atoms with Crippen LogP contribution in [0.1, 0.15) is 77.3 Å². The van der Waals surface area contributed by atoms with Gasteiger partial charge in [-0.25, -0.2) is 9.78 Å². The first kappa shape index (κ1) is 33.4. The molecule has 2 heterocycles. The number of carboxylic acid groups (broad SMARTS) is 1. The highest BCUT2D eigenvalue weighted by Gasteiger charge is 2.28. The van der Waals surface area contributed by atoms with E-state index in [1.54, 1.807) is 0 Å². The van der Waals surface area contributed by atoms with Crippen LogP contribution in [0.2, 0.25) is 0 Å². The molecule has 0 saturated carbocycles. The molecule has 2 aliphatic rings. The van der Waals surface area contributed by atoms with Crippen molar-refractivity contribution in [2.45, 2.75) is 78.7 Å². The van der Waals surface area contributed by atoms with E-state index in [1.807, 2.05) is 29.3 Å². The van der Waals surface area contributed by atoms with Crippen LogP contribution >= 0.6 is 0 Å². The Morgan fingerprint density at radius 2 is 1.98 bits per heavy atom. The summed E-state index contributed by atoms with van der Waals surface area (Å²) in [6.45, 7) is 10.5. The molecule has 1 atom stereocenters. The fourth-order valence-electron chi connectivity index (χ4n) is 4.92. The van der Waals surface area contributed by atoms with E-state index in [0.717, 1.165) is 61.1 Å². The number of pyridine rings is 1. The molecule has 1 aromatic heterocycles. The Morgan fingerprint density at radius 1 is 1.21 bits per heavy atom. The van der Waals surface area contributed by atoms with Crippen LogP contribution in [0.4, 0.5) is 4.79 Å². The Hall–Kier alpha value is -4.07. The molecule has 2 amide bonds. The first-order valence-corrected chi connectivity index (χ1v) is 15.3. The summed E-state index contributed by atoms with van der Waals surface area (Å²) < 4.78 is 12.4. The van der Waals surface area contributed by atoms with Gasteiger partial charge in [-0.3, -0.25) is 9.69 Å². The van der Waals surface area contributed by atoms with E-state index >= 15 is 0 Å². The molecule has 0 fully saturated rings. The van der Waals surface area contributed by atoms with Crippen molar-refractivity contribution in [3.8, 4) is 5.88 Å². The Labute approximate surface area is 256 Å². The third-order valence-corrected chi connectivity index (χ3v) is 7.26. The molecular formula is C35H47N3O5. The second kappa shape index (κ2) is 17.1. The molecule has 0 radical (unpaired) electrons. The number of hydrogen-bond donors (Lipinski definition) is 2. The molecule has 4 rings (SSSR count). The van der Waals surface area contributed by atoms with E-state index in [0.29, 0.717) is 32.0 Å². The van der Waals surface area contributed by atoms with Gasteiger partial charge in [0.15, 0.2) is 0 Å². The lowest BCUT2D eigenvalue weighted by molar-refractivity contribution is -0.122. The molecule has 8 nitrogen and oxygen atoms in total.